The molecule has 0 spiro atoms. The fourth-order valence-corrected chi connectivity index (χ4v) is 4.62. The number of aliphatic carboxylic acids is 1. The molecule has 33 heavy (non-hydrogen) atoms. The van der Waals surface area contributed by atoms with Crippen LogP contribution in [-0.4, -0.2) is 50.9 Å². The van der Waals surface area contributed by atoms with E-state index in [-0.39, 0.29) is 0 Å². The first-order valence-corrected chi connectivity index (χ1v) is 10.3. The van der Waals surface area contributed by atoms with Crippen LogP contribution in [0.4, 0.5) is 13.2 Å². The maximum atomic E-state index is 11.5. The van der Waals surface area contributed by atoms with E-state index >= 15 is 0 Å². The normalized spacial score (nSPS) is 18.9. The van der Waals surface area contributed by atoms with Gasteiger partial charge in [0.05, 0.1) is 0 Å². The van der Waals surface area contributed by atoms with Gasteiger partial charge in [-0.1, -0.05) is 30.3 Å². The summed E-state index contributed by atoms with van der Waals surface area (Å²) >= 11 is 0. The third kappa shape index (κ3) is 4.57. The minimum absolute atomic E-state index is 0.458. The highest BCUT2D eigenvalue weighted by molar-refractivity contribution is 5.93. The summed E-state index contributed by atoms with van der Waals surface area (Å²) in [6.45, 7) is 4.19. The second kappa shape index (κ2) is 8.87. The molecule has 2 atom stereocenters. The van der Waals surface area contributed by atoms with Crippen molar-refractivity contribution in [1.29, 1.82) is 0 Å². The van der Waals surface area contributed by atoms with Crippen LogP contribution in [0.3, 0.4) is 0 Å². The predicted octanol–water partition coefficient (Wildman–Crippen LogP) is 3.74. The first-order valence-electron chi connectivity index (χ1n) is 10.3. The molecule has 3 aromatic rings. The number of nitrogens with one attached hydrogen (secondary N) is 1. The number of amides is 1. The average Bonchev–Trinajstić information content (AvgIpc) is 3.32. The number of alkyl halides is 3. The van der Waals surface area contributed by atoms with E-state index in [1.54, 1.807) is 23.2 Å². The van der Waals surface area contributed by atoms with Crippen molar-refractivity contribution < 1.29 is 33.1 Å². The van der Waals surface area contributed by atoms with Gasteiger partial charge in [0.2, 0.25) is 0 Å². The third-order valence-electron chi connectivity index (χ3n) is 6.08. The maximum absolute atomic E-state index is 11.5. The van der Waals surface area contributed by atoms with Gasteiger partial charge in [-0.05, 0) is 42.3 Å². The first kappa shape index (κ1) is 22.8. The van der Waals surface area contributed by atoms with Crippen molar-refractivity contribution in [1.82, 2.24) is 14.9 Å². The molecule has 10 heteroatoms. The number of halogens is 3. The van der Waals surface area contributed by atoms with Gasteiger partial charge in [-0.25, -0.2) is 10.3 Å². The molecule has 2 aliphatic heterocycles. The van der Waals surface area contributed by atoms with E-state index in [4.69, 9.17) is 15.1 Å². The van der Waals surface area contributed by atoms with Crippen molar-refractivity contribution in [3.05, 3.63) is 70.9 Å². The zero-order valence-corrected chi connectivity index (χ0v) is 17.5. The van der Waals surface area contributed by atoms with E-state index in [1.165, 1.54) is 36.1 Å². The number of fused-ring (bicyclic) bond motifs is 6. The van der Waals surface area contributed by atoms with Gasteiger partial charge in [0.15, 0.2) is 0 Å². The van der Waals surface area contributed by atoms with Crippen molar-refractivity contribution in [3.63, 3.8) is 0 Å². The Hall–Kier alpha value is -3.37. The molecule has 0 saturated carbocycles. The number of para-hydroxylation sites is 1. The van der Waals surface area contributed by atoms with Crippen molar-refractivity contribution in [2.75, 3.05) is 13.1 Å². The molecule has 1 fully saturated rings. The standard InChI is InChI=1S/C21H21N3O2.C2HF3O2/c25-21(22-26)15-7-5-14(6-8-15)11-24-18-4-2-1-3-17(18)20-16-9-10-23(12-16)13-19(20)24;3-2(4,5)1(6)7/h1-8,16,26H,9-13H2,(H,22,25);(H,6,7). The number of carbonyl (C=O) groups is 2. The average molecular weight is 461 g/mol. The lowest BCUT2D eigenvalue weighted by Gasteiger charge is -2.25. The van der Waals surface area contributed by atoms with Crippen LogP contribution in [0.1, 0.15) is 39.5 Å². The maximum Gasteiger partial charge on any atom is 0.490 e. The molecule has 174 valence electrons. The SMILES string of the molecule is O=C(NO)c1ccc(Cn2c3c(c4ccccc42)C2CCN(C3)C2)cc1.O=C(O)C(F)(F)F. The molecule has 0 aliphatic carbocycles. The van der Waals surface area contributed by atoms with Crippen molar-refractivity contribution in [2.45, 2.75) is 31.6 Å². The van der Waals surface area contributed by atoms with Gasteiger partial charge in [-0.3, -0.25) is 14.9 Å². The molecule has 7 nitrogen and oxygen atoms in total. The lowest BCUT2D eigenvalue weighted by atomic mass is 9.93. The second-order valence-electron chi connectivity index (χ2n) is 8.13. The fraction of sp³-hybridized carbons (Fsp3) is 0.304. The molecule has 2 aliphatic rings. The van der Waals surface area contributed by atoms with Crippen LogP contribution in [0, 0.1) is 0 Å². The number of rotatable bonds is 3. The van der Waals surface area contributed by atoms with Crippen LogP contribution in [0.2, 0.25) is 0 Å². The molecule has 2 bridgehead atoms. The minimum atomic E-state index is -5.08. The van der Waals surface area contributed by atoms with E-state index < -0.39 is 18.1 Å². The third-order valence-corrected chi connectivity index (χ3v) is 6.08. The molecule has 5 rings (SSSR count). The summed E-state index contributed by atoms with van der Waals surface area (Å²) in [6, 6.07) is 16.1. The molecule has 1 saturated heterocycles. The summed E-state index contributed by atoms with van der Waals surface area (Å²) in [4.78, 5) is 23.0. The number of benzene rings is 2. The number of carboxylic acid groups (broad SMARTS) is 1. The van der Waals surface area contributed by atoms with Crippen LogP contribution < -0.4 is 5.48 Å². The highest BCUT2D eigenvalue weighted by Crippen LogP contribution is 2.42. The van der Waals surface area contributed by atoms with Crippen LogP contribution in [0.15, 0.2) is 48.5 Å². The topological polar surface area (TPSA) is 94.8 Å². The Kier molecular flexibility index (Phi) is 6.13. The largest absolute Gasteiger partial charge is 0.490 e. The smallest absolute Gasteiger partial charge is 0.475 e. The summed E-state index contributed by atoms with van der Waals surface area (Å²) in [5.74, 6) is -2.59. The molecule has 2 aromatic carbocycles. The quantitative estimate of drug-likeness (QED) is 0.408. The van der Waals surface area contributed by atoms with Gasteiger partial charge in [-0.15, -0.1) is 0 Å². The Morgan fingerprint density at radius 2 is 1.76 bits per heavy atom. The van der Waals surface area contributed by atoms with Gasteiger partial charge in [0.25, 0.3) is 5.91 Å². The Labute approximate surface area is 187 Å². The fourth-order valence-electron chi connectivity index (χ4n) is 4.62. The van der Waals surface area contributed by atoms with Crippen molar-refractivity contribution >= 4 is 22.8 Å². The van der Waals surface area contributed by atoms with E-state index in [2.05, 4.69) is 33.7 Å². The van der Waals surface area contributed by atoms with E-state index in [9.17, 15) is 18.0 Å². The van der Waals surface area contributed by atoms with E-state index in [0.717, 1.165) is 18.7 Å². The Balaban J connectivity index is 0.000000325. The molecular weight excluding hydrogens is 439 g/mol. The van der Waals surface area contributed by atoms with Gasteiger partial charge >= 0.3 is 12.1 Å². The molecule has 2 unspecified atom stereocenters. The second-order valence-corrected chi connectivity index (χ2v) is 8.13. The predicted molar refractivity (Wildman–Crippen MR) is 113 cm³/mol. The molecule has 3 heterocycles. The van der Waals surface area contributed by atoms with Gasteiger partial charge in [0, 0.05) is 47.7 Å². The molecule has 1 amide bonds. The number of hydrogen-bond donors (Lipinski definition) is 3. The minimum Gasteiger partial charge on any atom is -0.475 e. The summed E-state index contributed by atoms with van der Waals surface area (Å²) < 4.78 is 34.2. The highest BCUT2D eigenvalue weighted by atomic mass is 19.4. The van der Waals surface area contributed by atoms with Crippen molar-refractivity contribution in [3.8, 4) is 0 Å². The lowest BCUT2D eigenvalue weighted by Crippen LogP contribution is -2.26. The summed E-state index contributed by atoms with van der Waals surface area (Å²) in [5.41, 5.74) is 7.57. The molecule has 1 aromatic heterocycles. The Morgan fingerprint density at radius 1 is 1.09 bits per heavy atom. The van der Waals surface area contributed by atoms with E-state index in [0.29, 0.717) is 11.5 Å². The molecular formula is C23H22F3N3O4. The zero-order chi connectivity index (χ0) is 23.8. The molecule has 3 N–H and O–H groups in total. The summed E-state index contributed by atoms with van der Waals surface area (Å²) in [6.07, 6.45) is -3.83. The van der Waals surface area contributed by atoms with Gasteiger partial charge in [-0.2, -0.15) is 13.2 Å². The Morgan fingerprint density at radius 3 is 2.39 bits per heavy atom. The van der Waals surface area contributed by atoms with Crippen molar-refractivity contribution in [2.24, 2.45) is 0 Å². The number of carbonyl (C=O) groups excluding carboxylic acids is 1. The van der Waals surface area contributed by atoms with Crippen LogP contribution in [0.5, 0.6) is 0 Å². The lowest BCUT2D eigenvalue weighted by molar-refractivity contribution is -0.192. The highest BCUT2D eigenvalue weighted by Gasteiger charge is 2.38. The van der Waals surface area contributed by atoms with Gasteiger partial charge < -0.3 is 9.67 Å². The number of hydroxylamine groups is 1. The summed E-state index contributed by atoms with van der Waals surface area (Å²) in [7, 11) is 0. The summed E-state index contributed by atoms with van der Waals surface area (Å²) in [5, 5.41) is 17.3. The van der Waals surface area contributed by atoms with Gasteiger partial charge in [0.1, 0.15) is 0 Å². The molecule has 0 radical (unpaired) electrons. The van der Waals surface area contributed by atoms with Crippen LogP contribution in [0.25, 0.3) is 10.9 Å². The number of aromatic nitrogens is 1. The monoisotopic (exact) mass is 461 g/mol. The van der Waals surface area contributed by atoms with E-state index in [1.807, 2.05) is 12.1 Å². The van der Waals surface area contributed by atoms with Crippen LogP contribution in [-0.2, 0) is 17.9 Å². The number of carboxylic acids is 1. The number of nitrogens with zero attached hydrogens (tertiary/aromatic N) is 2. The zero-order valence-electron chi connectivity index (χ0n) is 17.5. The Bertz CT molecular complexity index is 1190. The number of hydrogen-bond acceptors (Lipinski definition) is 4. The first-order chi connectivity index (χ1) is 15.7. The van der Waals surface area contributed by atoms with Crippen LogP contribution >= 0.6 is 0 Å².